The van der Waals surface area contributed by atoms with E-state index < -0.39 is 5.97 Å². The molecule has 0 radical (unpaired) electrons. The van der Waals surface area contributed by atoms with E-state index in [0.717, 1.165) is 6.42 Å². The van der Waals surface area contributed by atoms with E-state index >= 15 is 0 Å². The fourth-order valence-corrected chi connectivity index (χ4v) is 3.02. The quantitative estimate of drug-likeness (QED) is 0.531. The van der Waals surface area contributed by atoms with Gasteiger partial charge in [-0.1, -0.05) is 24.3 Å². The van der Waals surface area contributed by atoms with Gasteiger partial charge >= 0.3 is 5.97 Å². The number of ether oxygens (including phenoxy) is 4. The van der Waals surface area contributed by atoms with Crippen molar-refractivity contribution in [1.82, 2.24) is 5.32 Å². The maximum Gasteiger partial charge on any atom is 0.331 e. The van der Waals surface area contributed by atoms with Gasteiger partial charge in [-0.05, 0) is 48.2 Å². The molecule has 1 amide bonds. The Kier molecular flexibility index (Phi) is 7.32. The van der Waals surface area contributed by atoms with Crippen molar-refractivity contribution in [2.45, 2.75) is 13.3 Å². The minimum absolute atomic E-state index is 0.332. The van der Waals surface area contributed by atoms with Gasteiger partial charge in [0.15, 0.2) is 18.1 Å². The van der Waals surface area contributed by atoms with Crippen LogP contribution in [0, 0.1) is 6.92 Å². The maximum absolute atomic E-state index is 11.9. The molecule has 3 rings (SSSR count). The molecule has 2 aromatic carbocycles. The molecule has 30 heavy (non-hydrogen) atoms. The topological polar surface area (TPSA) is 83.1 Å². The van der Waals surface area contributed by atoms with Gasteiger partial charge in [0.1, 0.15) is 13.2 Å². The zero-order valence-corrected chi connectivity index (χ0v) is 17.1. The van der Waals surface area contributed by atoms with Crippen LogP contribution in [0.5, 0.6) is 17.2 Å². The highest BCUT2D eigenvalue weighted by atomic mass is 16.6. The largest absolute Gasteiger partial charge is 0.493 e. The molecule has 0 spiro atoms. The first-order valence-corrected chi connectivity index (χ1v) is 9.70. The highest BCUT2D eigenvalue weighted by Crippen LogP contribution is 2.40. The third-order valence-corrected chi connectivity index (χ3v) is 4.59. The minimum atomic E-state index is -0.613. The van der Waals surface area contributed by atoms with E-state index in [4.69, 9.17) is 18.9 Å². The van der Waals surface area contributed by atoms with Gasteiger partial charge in [0, 0.05) is 12.6 Å². The number of hydrogen-bond acceptors (Lipinski definition) is 6. The first-order valence-electron chi connectivity index (χ1n) is 9.70. The van der Waals surface area contributed by atoms with Crippen LogP contribution in [0.3, 0.4) is 0 Å². The van der Waals surface area contributed by atoms with E-state index in [1.165, 1.54) is 24.3 Å². The summed E-state index contributed by atoms with van der Waals surface area (Å²) in [6.07, 6.45) is 3.54. The predicted molar refractivity (Wildman–Crippen MR) is 112 cm³/mol. The number of fused-ring (bicyclic) bond motifs is 1. The van der Waals surface area contributed by atoms with Gasteiger partial charge < -0.3 is 24.3 Å². The Balaban J connectivity index is 1.45. The van der Waals surface area contributed by atoms with Crippen LogP contribution in [-0.4, -0.2) is 45.4 Å². The van der Waals surface area contributed by atoms with Gasteiger partial charge in [0.05, 0.1) is 7.11 Å². The molecule has 158 valence electrons. The summed E-state index contributed by atoms with van der Waals surface area (Å²) in [5.41, 5.74) is 3.04. The molecule has 0 bridgehead atoms. The Morgan fingerprint density at radius 3 is 2.77 bits per heavy atom. The van der Waals surface area contributed by atoms with E-state index in [1.807, 2.05) is 31.2 Å². The Labute approximate surface area is 175 Å². The summed E-state index contributed by atoms with van der Waals surface area (Å²) >= 11 is 0. The number of esters is 1. The molecular formula is C23H25NO6. The summed E-state index contributed by atoms with van der Waals surface area (Å²) in [4.78, 5) is 23.8. The summed E-state index contributed by atoms with van der Waals surface area (Å²) in [6, 6.07) is 11.5. The summed E-state index contributed by atoms with van der Waals surface area (Å²) in [6.45, 7) is 3.08. The number of benzene rings is 2. The van der Waals surface area contributed by atoms with Crippen LogP contribution in [0.15, 0.2) is 42.5 Å². The van der Waals surface area contributed by atoms with Crippen molar-refractivity contribution in [2.75, 3.05) is 33.5 Å². The van der Waals surface area contributed by atoms with Crippen LogP contribution in [0.2, 0.25) is 0 Å². The molecule has 0 aromatic heterocycles. The van der Waals surface area contributed by atoms with Crippen LogP contribution >= 0.6 is 0 Å². The third-order valence-electron chi connectivity index (χ3n) is 4.59. The molecule has 1 heterocycles. The van der Waals surface area contributed by atoms with Gasteiger partial charge in [0.2, 0.25) is 5.75 Å². The zero-order chi connectivity index (χ0) is 21.3. The Morgan fingerprint density at radius 2 is 1.97 bits per heavy atom. The monoisotopic (exact) mass is 411 g/mol. The molecule has 0 saturated heterocycles. The molecule has 0 atom stereocenters. The number of carbonyl (C=O) groups is 2. The Bertz CT molecular complexity index is 920. The van der Waals surface area contributed by atoms with E-state index in [2.05, 4.69) is 5.32 Å². The molecule has 7 nitrogen and oxygen atoms in total. The molecule has 1 aliphatic rings. The van der Waals surface area contributed by atoms with Crippen LogP contribution < -0.4 is 19.5 Å². The fourth-order valence-electron chi connectivity index (χ4n) is 3.02. The molecule has 0 fully saturated rings. The predicted octanol–water partition coefficient (Wildman–Crippen LogP) is 2.69. The molecule has 1 N–H and O–H groups in total. The molecule has 0 unspecified atom stereocenters. The summed E-state index contributed by atoms with van der Waals surface area (Å²) in [5, 5.41) is 2.75. The second-order valence-electron chi connectivity index (χ2n) is 6.71. The third kappa shape index (κ3) is 5.76. The number of carbonyl (C=O) groups excluding carboxylic acids is 2. The molecular weight excluding hydrogens is 386 g/mol. The van der Waals surface area contributed by atoms with Crippen molar-refractivity contribution in [3.8, 4) is 17.2 Å². The molecule has 0 saturated carbocycles. The Hall–Kier alpha value is -3.48. The van der Waals surface area contributed by atoms with E-state index in [1.54, 1.807) is 18.2 Å². The summed E-state index contributed by atoms with van der Waals surface area (Å²) in [7, 11) is 1.53. The number of rotatable bonds is 8. The maximum atomic E-state index is 11.9. The van der Waals surface area contributed by atoms with Crippen molar-refractivity contribution in [3.63, 3.8) is 0 Å². The number of hydrogen-bond donors (Lipinski definition) is 1. The van der Waals surface area contributed by atoms with Crippen molar-refractivity contribution < 1.29 is 28.5 Å². The van der Waals surface area contributed by atoms with Gasteiger partial charge in [-0.3, -0.25) is 4.79 Å². The molecule has 7 heteroatoms. The van der Waals surface area contributed by atoms with Crippen molar-refractivity contribution >= 4 is 18.0 Å². The van der Waals surface area contributed by atoms with E-state index in [0.29, 0.717) is 42.6 Å². The minimum Gasteiger partial charge on any atom is -0.493 e. The van der Waals surface area contributed by atoms with Crippen molar-refractivity contribution in [2.24, 2.45) is 0 Å². The zero-order valence-electron chi connectivity index (χ0n) is 17.1. The highest BCUT2D eigenvalue weighted by Gasteiger charge is 2.17. The lowest BCUT2D eigenvalue weighted by atomic mass is 10.1. The summed E-state index contributed by atoms with van der Waals surface area (Å²) < 4.78 is 21.4. The normalized spacial score (nSPS) is 12.5. The SMILES string of the molecule is COc1cc(/C=C/C(=O)OCC(=O)NCCc2ccccc2C)cc2c1OCCO2. The van der Waals surface area contributed by atoms with Gasteiger partial charge in [-0.25, -0.2) is 4.79 Å². The highest BCUT2D eigenvalue weighted by molar-refractivity contribution is 5.89. The number of aryl methyl sites for hydroxylation is 1. The Morgan fingerprint density at radius 1 is 1.17 bits per heavy atom. The second kappa shape index (κ2) is 10.3. The first-order chi connectivity index (χ1) is 14.6. The number of nitrogens with one attached hydrogen (secondary N) is 1. The lowest BCUT2D eigenvalue weighted by molar-refractivity contribution is -0.143. The van der Waals surface area contributed by atoms with Gasteiger partial charge in [0.25, 0.3) is 5.91 Å². The van der Waals surface area contributed by atoms with Crippen LogP contribution in [0.1, 0.15) is 16.7 Å². The van der Waals surface area contributed by atoms with E-state index in [-0.39, 0.29) is 12.5 Å². The number of amides is 1. The van der Waals surface area contributed by atoms with Crippen LogP contribution in [0.4, 0.5) is 0 Å². The first kappa shape index (κ1) is 21.2. The van der Waals surface area contributed by atoms with Crippen LogP contribution in [-0.2, 0) is 20.7 Å². The van der Waals surface area contributed by atoms with Gasteiger partial charge in [-0.2, -0.15) is 0 Å². The van der Waals surface area contributed by atoms with Gasteiger partial charge in [-0.15, -0.1) is 0 Å². The average Bonchev–Trinajstić information content (AvgIpc) is 2.77. The summed E-state index contributed by atoms with van der Waals surface area (Å²) in [5.74, 6) is 0.671. The van der Waals surface area contributed by atoms with E-state index in [9.17, 15) is 9.59 Å². The van der Waals surface area contributed by atoms with Crippen molar-refractivity contribution in [3.05, 3.63) is 59.2 Å². The molecule has 2 aromatic rings. The standard InChI is InChI=1S/C23H25NO6/c1-16-5-3-4-6-18(16)9-10-24-21(25)15-30-22(26)8-7-17-13-19(27-2)23-20(14-17)28-11-12-29-23/h3-8,13-14H,9-12,15H2,1-2H3,(H,24,25)/b8-7+. The lowest BCUT2D eigenvalue weighted by Gasteiger charge is -2.20. The average molecular weight is 411 g/mol. The molecule has 0 aliphatic carbocycles. The molecule has 1 aliphatic heterocycles. The van der Waals surface area contributed by atoms with Crippen LogP contribution in [0.25, 0.3) is 6.08 Å². The second-order valence-corrected chi connectivity index (χ2v) is 6.71. The smallest absolute Gasteiger partial charge is 0.331 e. The van der Waals surface area contributed by atoms with Crippen molar-refractivity contribution in [1.29, 1.82) is 0 Å². The fraction of sp³-hybridized carbons (Fsp3) is 0.304. The number of methoxy groups -OCH3 is 1. The lowest BCUT2D eigenvalue weighted by Crippen LogP contribution is -2.30.